The van der Waals surface area contributed by atoms with Crippen molar-refractivity contribution in [3.05, 3.63) is 36.2 Å². The molecule has 0 atom stereocenters. The summed E-state index contributed by atoms with van der Waals surface area (Å²) >= 11 is 1.48. The van der Waals surface area contributed by atoms with E-state index in [1.807, 2.05) is 12.3 Å². The Morgan fingerprint density at radius 1 is 1.18 bits per heavy atom. The van der Waals surface area contributed by atoms with Crippen molar-refractivity contribution in [2.45, 2.75) is 11.2 Å². The summed E-state index contributed by atoms with van der Waals surface area (Å²) in [6.45, 7) is 0. The molecule has 0 aliphatic heterocycles. The molecule has 114 valence electrons. The van der Waals surface area contributed by atoms with Gasteiger partial charge in [0, 0.05) is 25.0 Å². The summed E-state index contributed by atoms with van der Waals surface area (Å²) in [7, 11) is 1.73. The van der Waals surface area contributed by atoms with E-state index in [2.05, 4.69) is 15.0 Å². The van der Waals surface area contributed by atoms with E-state index in [-0.39, 0.29) is 5.52 Å². The van der Waals surface area contributed by atoms with Crippen molar-refractivity contribution in [3.8, 4) is 11.4 Å². The van der Waals surface area contributed by atoms with Crippen LogP contribution in [0.15, 0.2) is 35.6 Å². The number of fused-ring (bicyclic) bond motifs is 1. The summed E-state index contributed by atoms with van der Waals surface area (Å²) in [5, 5.41) is 0.813. The lowest BCUT2D eigenvalue weighted by Gasteiger charge is -2.05. The summed E-state index contributed by atoms with van der Waals surface area (Å²) in [6.07, 6.45) is -0.0531. The number of aromatic nitrogens is 4. The SMILES string of the molecule is CSc1cc(-c2nc3cc(C(F)(F)F)cnc3n2C)ccn1. The normalized spacial score (nSPS) is 12.0. The lowest BCUT2D eigenvalue weighted by molar-refractivity contribution is -0.137. The van der Waals surface area contributed by atoms with Gasteiger partial charge in [-0.05, 0) is 24.5 Å². The second kappa shape index (κ2) is 5.28. The Bertz CT molecular complexity index is 842. The minimum Gasteiger partial charge on any atom is -0.312 e. The van der Waals surface area contributed by atoms with Gasteiger partial charge in [-0.2, -0.15) is 13.2 Å². The van der Waals surface area contributed by atoms with Gasteiger partial charge in [0.2, 0.25) is 0 Å². The van der Waals surface area contributed by atoms with E-state index >= 15 is 0 Å². The molecule has 0 fully saturated rings. The second-order valence-corrected chi connectivity index (χ2v) is 5.47. The first-order chi connectivity index (χ1) is 10.4. The Morgan fingerprint density at radius 2 is 1.95 bits per heavy atom. The van der Waals surface area contributed by atoms with Crippen molar-refractivity contribution in [1.82, 2.24) is 19.5 Å². The maximum Gasteiger partial charge on any atom is 0.417 e. The molecule has 3 aromatic rings. The maximum absolute atomic E-state index is 12.8. The molecule has 0 amide bonds. The van der Waals surface area contributed by atoms with E-state index in [0.29, 0.717) is 11.5 Å². The molecule has 0 aliphatic carbocycles. The third-order valence-corrected chi connectivity index (χ3v) is 3.88. The molecular formula is C14H11F3N4S. The largest absolute Gasteiger partial charge is 0.417 e. The average Bonchev–Trinajstić information content (AvgIpc) is 2.83. The van der Waals surface area contributed by atoms with Crippen LogP contribution in [-0.4, -0.2) is 25.8 Å². The van der Waals surface area contributed by atoms with Crippen LogP contribution in [0.2, 0.25) is 0 Å². The second-order valence-electron chi connectivity index (χ2n) is 4.65. The van der Waals surface area contributed by atoms with Gasteiger partial charge in [-0.3, -0.25) is 0 Å². The molecule has 3 heterocycles. The zero-order valence-electron chi connectivity index (χ0n) is 11.7. The van der Waals surface area contributed by atoms with Gasteiger partial charge in [-0.1, -0.05) is 0 Å². The van der Waals surface area contributed by atoms with E-state index < -0.39 is 11.7 Å². The molecule has 8 heteroatoms. The Kier molecular flexibility index (Phi) is 3.56. The van der Waals surface area contributed by atoms with Crippen molar-refractivity contribution in [3.63, 3.8) is 0 Å². The van der Waals surface area contributed by atoms with Crippen molar-refractivity contribution in [1.29, 1.82) is 0 Å². The lowest BCUT2D eigenvalue weighted by atomic mass is 10.2. The first kappa shape index (κ1) is 14.8. The van der Waals surface area contributed by atoms with E-state index in [4.69, 9.17) is 0 Å². The maximum atomic E-state index is 12.8. The number of hydrogen-bond acceptors (Lipinski definition) is 4. The Labute approximate surface area is 128 Å². The molecule has 0 aromatic carbocycles. The highest BCUT2D eigenvalue weighted by Gasteiger charge is 2.31. The van der Waals surface area contributed by atoms with Crippen LogP contribution in [0.3, 0.4) is 0 Å². The van der Waals surface area contributed by atoms with Crippen LogP contribution in [0, 0.1) is 0 Å². The number of alkyl halides is 3. The van der Waals surface area contributed by atoms with Gasteiger partial charge in [-0.25, -0.2) is 15.0 Å². The predicted molar refractivity (Wildman–Crippen MR) is 78.5 cm³/mol. The molecule has 0 unspecified atom stereocenters. The quantitative estimate of drug-likeness (QED) is 0.673. The number of nitrogens with zero attached hydrogens (tertiary/aromatic N) is 4. The third-order valence-electron chi connectivity index (χ3n) is 3.24. The summed E-state index contributed by atoms with van der Waals surface area (Å²) < 4.78 is 40.0. The first-order valence-corrected chi connectivity index (χ1v) is 7.52. The molecule has 0 saturated heterocycles. The first-order valence-electron chi connectivity index (χ1n) is 6.30. The third kappa shape index (κ3) is 2.54. The van der Waals surface area contributed by atoms with Crippen LogP contribution in [0.4, 0.5) is 13.2 Å². The number of imidazole rings is 1. The minimum absolute atomic E-state index is 0.217. The Hall–Kier alpha value is -2.09. The molecule has 0 N–H and O–H groups in total. The van der Waals surface area contributed by atoms with E-state index in [1.54, 1.807) is 23.9 Å². The van der Waals surface area contributed by atoms with Crippen LogP contribution < -0.4 is 0 Å². The van der Waals surface area contributed by atoms with Crippen molar-refractivity contribution < 1.29 is 13.2 Å². The fraction of sp³-hybridized carbons (Fsp3) is 0.214. The van der Waals surface area contributed by atoms with Crippen LogP contribution in [0.5, 0.6) is 0 Å². The number of rotatable bonds is 2. The molecule has 3 rings (SSSR count). The van der Waals surface area contributed by atoms with Crippen molar-refractivity contribution >= 4 is 22.9 Å². The van der Waals surface area contributed by atoms with Gasteiger partial charge in [-0.15, -0.1) is 11.8 Å². The summed E-state index contributed by atoms with van der Waals surface area (Å²) in [4.78, 5) is 12.4. The Balaban J connectivity index is 2.17. The van der Waals surface area contributed by atoms with Gasteiger partial charge in [0.15, 0.2) is 5.65 Å². The van der Waals surface area contributed by atoms with Crippen molar-refractivity contribution in [2.75, 3.05) is 6.26 Å². The summed E-state index contributed by atoms with van der Waals surface area (Å²) in [6, 6.07) is 4.63. The smallest absolute Gasteiger partial charge is 0.312 e. The molecular weight excluding hydrogens is 313 g/mol. The highest BCUT2D eigenvalue weighted by Crippen LogP contribution is 2.31. The molecule has 0 saturated carbocycles. The lowest BCUT2D eigenvalue weighted by Crippen LogP contribution is -2.05. The van der Waals surface area contributed by atoms with Crippen LogP contribution in [0.1, 0.15) is 5.56 Å². The van der Waals surface area contributed by atoms with Crippen LogP contribution in [-0.2, 0) is 13.2 Å². The predicted octanol–water partition coefficient (Wildman–Crippen LogP) is 3.77. The number of thioether (sulfide) groups is 1. The molecule has 0 radical (unpaired) electrons. The van der Waals surface area contributed by atoms with Gasteiger partial charge < -0.3 is 4.57 Å². The van der Waals surface area contributed by atoms with E-state index in [1.165, 1.54) is 11.8 Å². The standard InChI is InChI=1S/C14H11F3N4S/c1-21-12(8-3-4-18-11(5-8)22-2)20-10-6-9(14(15,16)17)7-19-13(10)21/h3-7H,1-2H3. The van der Waals surface area contributed by atoms with Crippen LogP contribution >= 0.6 is 11.8 Å². The molecule has 3 aromatic heterocycles. The summed E-state index contributed by atoms with van der Waals surface area (Å²) in [5.41, 5.74) is 0.609. The van der Waals surface area contributed by atoms with Gasteiger partial charge in [0.25, 0.3) is 0 Å². The van der Waals surface area contributed by atoms with Gasteiger partial charge in [0.05, 0.1) is 10.6 Å². The highest BCUT2D eigenvalue weighted by molar-refractivity contribution is 7.98. The zero-order valence-corrected chi connectivity index (χ0v) is 12.5. The van der Waals surface area contributed by atoms with Gasteiger partial charge >= 0.3 is 6.18 Å². The fourth-order valence-corrected chi connectivity index (χ4v) is 2.56. The number of halogens is 3. The number of hydrogen-bond donors (Lipinski definition) is 0. The number of pyridine rings is 2. The zero-order chi connectivity index (χ0) is 15.9. The molecule has 0 bridgehead atoms. The molecule has 0 aliphatic rings. The molecule has 4 nitrogen and oxygen atoms in total. The average molecular weight is 324 g/mol. The monoisotopic (exact) mass is 324 g/mol. The molecule has 22 heavy (non-hydrogen) atoms. The van der Waals surface area contributed by atoms with E-state index in [0.717, 1.165) is 22.9 Å². The highest BCUT2D eigenvalue weighted by atomic mass is 32.2. The fourth-order valence-electron chi connectivity index (χ4n) is 2.15. The van der Waals surface area contributed by atoms with E-state index in [9.17, 15) is 13.2 Å². The van der Waals surface area contributed by atoms with Gasteiger partial charge in [0.1, 0.15) is 11.3 Å². The summed E-state index contributed by atoms with van der Waals surface area (Å²) in [5.74, 6) is 0.555. The van der Waals surface area contributed by atoms with Crippen molar-refractivity contribution in [2.24, 2.45) is 7.05 Å². The van der Waals surface area contributed by atoms with Crippen LogP contribution in [0.25, 0.3) is 22.6 Å². The number of aryl methyl sites for hydroxylation is 1. The minimum atomic E-state index is -4.43. The topological polar surface area (TPSA) is 43.6 Å². The molecule has 0 spiro atoms. The Morgan fingerprint density at radius 3 is 2.64 bits per heavy atom.